The van der Waals surface area contributed by atoms with Crippen molar-refractivity contribution in [3.8, 4) is 11.5 Å². The van der Waals surface area contributed by atoms with E-state index in [1.807, 2.05) is 23.1 Å². The standard InChI is InChI=1S/C27H29N3O4/c1-29-15-16-30(25(18-29)20-7-4-3-5-8-20)27(32)21-11-13-23(14-12-21)34-19-26(31)28-22-9-6-10-24(17-22)33-2/h3-14,17,25H,15-16,18-19H2,1-2H3,(H,28,31)/t25-/m0/s1. The number of likely N-dealkylation sites (N-methyl/N-ethyl adjacent to an activating group) is 1. The number of piperazine rings is 1. The molecule has 1 heterocycles. The van der Waals surface area contributed by atoms with Gasteiger partial charge in [-0.3, -0.25) is 9.59 Å². The summed E-state index contributed by atoms with van der Waals surface area (Å²) in [6.07, 6.45) is 0. The van der Waals surface area contributed by atoms with E-state index in [4.69, 9.17) is 9.47 Å². The number of nitrogens with zero attached hydrogens (tertiary/aromatic N) is 2. The number of nitrogens with one attached hydrogen (secondary N) is 1. The van der Waals surface area contributed by atoms with Crippen LogP contribution in [0.3, 0.4) is 0 Å². The number of hydrogen-bond acceptors (Lipinski definition) is 5. The maximum atomic E-state index is 13.3. The fourth-order valence-electron chi connectivity index (χ4n) is 4.03. The van der Waals surface area contributed by atoms with Crippen LogP contribution in [0, 0.1) is 0 Å². The SMILES string of the molecule is COc1cccc(NC(=O)COc2ccc(C(=O)N3CCN(C)C[C@H]3c3ccccc3)cc2)c1. The van der Waals surface area contributed by atoms with Gasteiger partial charge in [-0.2, -0.15) is 0 Å². The average Bonchev–Trinajstić information content (AvgIpc) is 2.88. The number of methoxy groups -OCH3 is 1. The molecule has 3 aromatic rings. The molecule has 0 aromatic heterocycles. The first-order valence-electron chi connectivity index (χ1n) is 11.2. The fourth-order valence-corrected chi connectivity index (χ4v) is 4.03. The molecule has 4 rings (SSSR count). The molecule has 0 unspecified atom stereocenters. The van der Waals surface area contributed by atoms with Gasteiger partial charge in [0.15, 0.2) is 6.61 Å². The first kappa shape index (κ1) is 23.3. The van der Waals surface area contributed by atoms with Crippen molar-refractivity contribution in [2.75, 3.05) is 45.7 Å². The molecule has 7 nitrogen and oxygen atoms in total. The zero-order chi connectivity index (χ0) is 23.9. The molecule has 0 saturated carbocycles. The van der Waals surface area contributed by atoms with Crippen LogP contribution in [0.25, 0.3) is 0 Å². The van der Waals surface area contributed by atoms with Gasteiger partial charge in [0.05, 0.1) is 13.2 Å². The van der Waals surface area contributed by atoms with Crippen molar-refractivity contribution in [1.29, 1.82) is 0 Å². The van der Waals surface area contributed by atoms with Gasteiger partial charge in [-0.1, -0.05) is 36.4 Å². The topological polar surface area (TPSA) is 71.1 Å². The third-order valence-corrected chi connectivity index (χ3v) is 5.85. The summed E-state index contributed by atoms with van der Waals surface area (Å²) in [5.74, 6) is 0.893. The van der Waals surface area contributed by atoms with Gasteiger partial charge in [0, 0.05) is 37.0 Å². The summed E-state index contributed by atoms with van der Waals surface area (Å²) >= 11 is 0. The molecular formula is C27H29N3O4. The molecule has 1 N–H and O–H groups in total. The highest BCUT2D eigenvalue weighted by Gasteiger charge is 2.30. The Hall–Kier alpha value is -3.84. The van der Waals surface area contributed by atoms with Crippen LogP contribution in [0.1, 0.15) is 22.0 Å². The summed E-state index contributed by atoms with van der Waals surface area (Å²) < 4.78 is 10.8. The zero-order valence-electron chi connectivity index (χ0n) is 19.4. The normalized spacial score (nSPS) is 16.1. The molecule has 0 radical (unpaired) electrons. The summed E-state index contributed by atoms with van der Waals surface area (Å²) in [5.41, 5.74) is 2.36. The third kappa shape index (κ3) is 5.74. The van der Waals surface area contributed by atoms with Crippen LogP contribution in [0.15, 0.2) is 78.9 Å². The molecule has 1 aliphatic rings. The number of anilines is 1. The highest BCUT2D eigenvalue weighted by atomic mass is 16.5. The van der Waals surface area contributed by atoms with E-state index >= 15 is 0 Å². The Balaban J connectivity index is 1.36. The lowest BCUT2D eigenvalue weighted by Gasteiger charge is -2.40. The van der Waals surface area contributed by atoms with Crippen molar-refractivity contribution >= 4 is 17.5 Å². The molecule has 7 heteroatoms. The Labute approximate surface area is 199 Å². The van der Waals surface area contributed by atoms with Gasteiger partial charge in [0.25, 0.3) is 11.8 Å². The molecule has 1 saturated heterocycles. The first-order chi connectivity index (χ1) is 16.5. The average molecular weight is 460 g/mol. The van der Waals surface area contributed by atoms with Crippen LogP contribution in [0.2, 0.25) is 0 Å². The second-order valence-electron chi connectivity index (χ2n) is 8.28. The first-order valence-corrected chi connectivity index (χ1v) is 11.2. The quantitative estimate of drug-likeness (QED) is 0.581. The second-order valence-corrected chi connectivity index (χ2v) is 8.28. The predicted molar refractivity (Wildman–Crippen MR) is 131 cm³/mol. The van der Waals surface area contributed by atoms with E-state index in [9.17, 15) is 9.59 Å². The lowest BCUT2D eigenvalue weighted by molar-refractivity contribution is -0.118. The van der Waals surface area contributed by atoms with Crippen LogP contribution in [-0.2, 0) is 4.79 Å². The maximum absolute atomic E-state index is 13.3. The molecule has 1 atom stereocenters. The van der Waals surface area contributed by atoms with Gasteiger partial charge in [-0.05, 0) is 49.0 Å². The minimum absolute atomic E-state index is 0.00341. The Morgan fingerprint density at radius 2 is 1.71 bits per heavy atom. The monoisotopic (exact) mass is 459 g/mol. The third-order valence-electron chi connectivity index (χ3n) is 5.85. The molecule has 3 aromatic carbocycles. The van der Waals surface area contributed by atoms with Gasteiger partial charge in [0.2, 0.25) is 0 Å². The van der Waals surface area contributed by atoms with E-state index in [1.54, 1.807) is 55.6 Å². The van der Waals surface area contributed by atoms with Crippen LogP contribution >= 0.6 is 0 Å². The minimum atomic E-state index is -0.281. The van der Waals surface area contributed by atoms with E-state index in [2.05, 4.69) is 29.4 Å². The van der Waals surface area contributed by atoms with Crippen LogP contribution in [-0.4, -0.2) is 62.0 Å². The summed E-state index contributed by atoms with van der Waals surface area (Å²) in [7, 11) is 3.65. The lowest BCUT2D eigenvalue weighted by Crippen LogP contribution is -2.49. The molecule has 2 amide bonds. The lowest BCUT2D eigenvalue weighted by atomic mass is 10.0. The van der Waals surface area contributed by atoms with Crippen molar-refractivity contribution in [3.63, 3.8) is 0 Å². The zero-order valence-corrected chi connectivity index (χ0v) is 19.4. The molecule has 0 aliphatic carbocycles. The van der Waals surface area contributed by atoms with E-state index in [1.165, 1.54) is 0 Å². The minimum Gasteiger partial charge on any atom is -0.497 e. The van der Waals surface area contributed by atoms with E-state index in [0.717, 1.165) is 18.7 Å². The van der Waals surface area contributed by atoms with E-state index in [-0.39, 0.29) is 24.5 Å². The Kier molecular flexibility index (Phi) is 7.44. The Morgan fingerprint density at radius 1 is 0.941 bits per heavy atom. The number of ether oxygens (including phenoxy) is 2. The van der Waals surface area contributed by atoms with E-state index in [0.29, 0.717) is 29.3 Å². The van der Waals surface area contributed by atoms with Crippen LogP contribution in [0.4, 0.5) is 5.69 Å². The fraction of sp³-hybridized carbons (Fsp3) is 0.259. The smallest absolute Gasteiger partial charge is 0.262 e. The van der Waals surface area contributed by atoms with Gasteiger partial charge < -0.3 is 24.6 Å². The van der Waals surface area contributed by atoms with Crippen molar-refractivity contribution in [1.82, 2.24) is 9.80 Å². The number of carbonyl (C=O) groups is 2. The molecule has 1 aliphatic heterocycles. The van der Waals surface area contributed by atoms with Crippen molar-refractivity contribution in [2.45, 2.75) is 6.04 Å². The maximum Gasteiger partial charge on any atom is 0.262 e. The van der Waals surface area contributed by atoms with Crippen molar-refractivity contribution < 1.29 is 19.1 Å². The summed E-state index contributed by atoms with van der Waals surface area (Å²) in [6.45, 7) is 2.15. The Bertz CT molecular complexity index is 1120. The number of amides is 2. The van der Waals surface area contributed by atoms with Gasteiger partial charge in [0.1, 0.15) is 11.5 Å². The van der Waals surface area contributed by atoms with Crippen molar-refractivity contribution in [3.05, 3.63) is 90.0 Å². The Morgan fingerprint density at radius 3 is 2.44 bits per heavy atom. The van der Waals surface area contributed by atoms with E-state index < -0.39 is 0 Å². The van der Waals surface area contributed by atoms with Gasteiger partial charge in [-0.25, -0.2) is 0 Å². The highest BCUT2D eigenvalue weighted by molar-refractivity contribution is 5.95. The van der Waals surface area contributed by atoms with Gasteiger partial charge >= 0.3 is 0 Å². The summed E-state index contributed by atoms with van der Waals surface area (Å²) in [4.78, 5) is 29.7. The van der Waals surface area contributed by atoms with Gasteiger partial charge in [-0.15, -0.1) is 0 Å². The largest absolute Gasteiger partial charge is 0.497 e. The molecule has 0 bridgehead atoms. The number of hydrogen-bond donors (Lipinski definition) is 1. The summed E-state index contributed by atoms with van der Waals surface area (Å²) in [6, 6.07) is 24.2. The molecule has 34 heavy (non-hydrogen) atoms. The molecule has 1 fully saturated rings. The highest BCUT2D eigenvalue weighted by Crippen LogP contribution is 2.27. The van der Waals surface area contributed by atoms with Crippen molar-refractivity contribution in [2.24, 2.45) is 0 Å². The number of benzene rings is 3. The molecular weight excluding hydrogens is 430 g/mol. The summed E-state index contributed by atoms with van der Waals surface area (Å²) in [5, 5.41) is 2.77. The number of carbonyl (C=O) groups excluding carboxylic acids is 2. The van der Waals surface area contributed by atoms with Crippen LogP contribution in [0.5, 0.6) is 11.5 Å². The number of rotatable bonds is 7. The predicted octanol–water partition coefficient (Wildman–Crippen LogP) is 3.84. The molecule has 176 valence electrons. The van der Waals surface area contributed by atoms with Crippen LogP contribution < -0.4 is 14.8 Å². The second kappa shape index (κ2) is 10.9. The molecule has 0 spiro atoms.